The van der Waals surface area contributed by atoms with Gasteiger partial charge in [-0.05, 0) is 12.0 Å². The zero-order valence-corrected chi connectivity index (χ0v) is 10.9. The van der Waals surface area contributed by atoms with Gasteiger partial charge in [0.2, 0.25) is 0 Å². The number of hydrogen-bond donors (Lipinski definition) is 1. The Morgan fingerprint density at radius 2 is 2.00 bits per heavy atom. The number of aryl methyl sites for hydroxylation is 2. The van der Waals surface area contributed by atoms with E-state index in [-0.39, 0.29) is 6.42 Å². The summed E-state index contributed by atoms with van der Waals surface area (Å²) in [7, 11) is 0. The molecule has 0 unspecified atom stereocenters. The van der Waals surface area contributed by atoms with Crippen LogP contribution in [0.2, 0.25) is 0 Å². The second-order valence-corrected chi connectivity index (χ2v) is 4.46. The third-order valence-corrected chi connectivity index (χ3v) is 2.88. The molecule has 2 aromatic rings. The Morgan fingerprint density at radius 3 is 2.63 bits per heavy atom. The maximum Gasteiger partial charge on any atom is 0.303 e. The van der Waals surface area contributed by atoms with Gasteiger partial charge in [0, 0.05) is 12.0 Å². The second-order valence-electron chi connectivity index (χ2n) is 4.46. The van der Waals surface area contributed by atoms with Gasteiger partial charge in [-0.2, -0.15) is 0 Å². The predicted octanol–water partition coefficient (Wildman–Crippen LogP) is 3.31. The molecule has 1 aromatic heterocycles. The topological polar surface area (TPSA) is 63.3 Å². The van der Waals surface area contributed by atoms with Crippen LogP contribution < -0.4 is 0 Å². The molecule has 1 N–H and O–H groups in total. The number of aliphatic carboxylic acids is 1. The normalized spacial score (nSPS) is 10.6. The van der Waals surface area contributed by atoms with Crippen molar-refractivity contribution in [3.63, 3.8) is 0 Å². The summed E-state index contributed by atoms with van der Waals surface area (Å²) in [4.78, 5) is 14.6. The van der Waals surface area contributed by atoms with E-state index in [1.807, 2.05) is 12.1 Å². The number of hydrogen-bond acceptors (Lipinski definition) is 3. The first kappa shape index (κ1) is 13.3. The highest BCUT2D eigenvalue weighted by molar-refractivity contribution is 5.66. The lowest BCUT2D eigenvalue weighted by atomic mass is 10.1. The van der Waals surface area contributed by atoms with Crippen molar-refractivity contribution in [2.75, 3.05) is 0 Å². The summed E-state index contributed by atoms with van der Waals surface area (Å²) >= 11 is 0. The van der Waals surface area contributed by atoms with E-state index in [1.54, 1.807) is 6.20 Å². The van der Waals surface area contributed by atoms with Crippen molar-refractivity contribution in [1.82, 2.24) is 4.98 Å². The highest BCUT2D eigenvalue weighted by atomic mass is 16.4. The van der Waals surface area contributed by atoms with E-state index >= 15 is 0 Å². The molecule has 0 saturated heterocycles. The van der Waals surface area contributed by atoms with Gasteiger partial charge in [0.15, 0.2) is 11.7 Å². The average molecular weight is 259 g/mol. The van der Waals surface area contributed by atoms with Crippen LogP contribution in [0.15, 0.2) is 34.9 Å². The van der Waals surface area contributed by atoms with Gasteiger partial charge in [-0.25, -0.2) is 4.98 Å². The zero-order valence-electron chi connectivity index (χ0n) is 10.9. The van der Waals surface area contributed by atoms with Gasteiger partial charge in [0.1, 0.15) is 0 Å². The molecular weight excluding hydrogens is 242 g/mol. The number of carboxylic acids is 1. The van der Waals surface area contributed by atoms with Crippen molar-refractivity contribution >= 4 is 5.97 Å². The zero-order chi connectivity index (χ0) is 13.7. The van der Waals surface area contributed by atoms with Gasteiger partial charge < -0.3 is 9.52 Å². The molecule has 0 spiro atoms. The number of benzene rings is 1. The number of nitrogens with zero attached hydrogens (tertiary/aromatic N) is 1. The van der Waals surface area contributed by atoms with Crippen LogP contribution >= 0.6 is 0 Å². The molecule has 4 nitrogen and oxygen atoms in total. The van der Waals surface area contributed by atoms with Crippen molar-refractivity contribution in [2.45, 2.75) is 32.6 Å². The summed E-state index contributed by atoms with van der Waals surface area (Å²) in [6, 6.07) is 8.18. The summed E-state index contributed by atoms with van der Waals surface area (Å²) < 4.78 is 5.55. The van der Waals surface area contributed by atoms with Gasteiger partial charge in [-0.15, -0.1) is 0 Å². The highest BCUT2D eigenvalue weighted by Crippen LogP contribution is 2.21. The van der Waals surface area contributed by atoms with Crippen molar-refractivity contribution in [3.8, 4) is 11.3 Å². The first-order valence-electron chi connectivity index (χ1n) is 6.45. The molecule has 2 rings (SSSR count). The minimum absolute atomic E-state index is 0.0371. The number of oxazole rings is 1. The molecule has 0 radical (unpaired) electrons. The van der Waals surface area contributed by atoms with Gasteiger partial charge in [0.25, 0.3) is 0 Å². The summed E-state index contributed by atoms with van der Waals surface area (Å²) in [6.07, 6.45) is 4.20. The van der Waals surface area contributed by atoms with E-state index < -0.39 is 5.97 Å². The van der Waals surface area contributed by atoms with Crippen LogP contribution in [0.3, 0.4) is 0 Å². The Labute approximate surface area is 112 Å². The lowest BCUT2D eigenvalue weighted by molar-refractivity contribution is -0.137. The van der Waals surface area contributed by atoms with Crippen LogP contribution in [-0.4, -0.2) is 16.1 Å². The monoisotopic (exact) mass is 259 g/mol. The van der Waals surface area contributed by atoms with Crippen molar-refractivity contribution in [2.24, 2.45) is 0 Å². The van der Waals surface area contributed by atoms with E-state index in [0.717, 1.165) is 18.4 Å². The number of carboxylic acid groups (broad SMARTS) is 1. The van der Waals surface area contributed by atoms with Gasteiger partial charge in [0.05, 0.1) is 12.6 Å². The molecule has 100 valence electrons. The molecule has 0 aliphatic heterocycles. The van der Waals surface area contributed by atoms with E-state index in [0.29, 0.717) is 18.1 Å². The van der Waals surface area contributed by atoms with E-state index in [4.69, 9.17) is 9.52 Å². The Kier molecular flexibility index (Phi) is 4.34. The molecule has 0 aliphatic rings. The quantitative estimate of drug-likeness (QED) is 0.864. The Bertz CT molecular complexity index is 543. The number of carbonyl (C=O) groups is 1. The largest absolute Gasteiger partial charge is 0.481 e. The summed E-state index contributed by atoms with van der Waals surface area (Å²) in [6.45, 7) is 2.15. The molecule has 4 heteroatoms. The van der Waals surface area contributed by atoms with Crippen LogP contribution in [0.5, 0.6) is 0 Å². The highest BCUT2D eigenvalue weighted by Gasteiger charge is 2.08. The van der Waals surface area contributed by atoms with Gasteiger partial charge >= 0.3 is 5.97 Å². The van der Waals surface area contributed by atoms with Crippen molar-refractivity contribution in [1.29, 1.82) is 0 Å². The van der Waals surface area contributed by atoms with Crippen LogP contribution in [0, 0.1) is 0 Å². The Morgan fingerprint density at radius 1 is 1.26 bits per heavy atom. The van der Waals surface area contributed by atoms with Crippen LogP contribution in [0.25, 0.3) is 11.3 Å². The molecule has 0 bridgehead atoms. The molecule has 19 heavy (non-hydrogen) atoms. The standard InChI is InChI=1S/C15H17NO3/c1-2-3-11-4-6-12(7-5-11)13-10-16-14(19-13)8-9-15(17)18/h4-7,10H,2-3,8-9H2,1H3,(H,17,18). The van der Waals surface area contributed by atoms with Crippen molar-refractivity contribution < 1.29 is 14.3 Å². The van der Waals surface area contributed by atoms with Crippen LogP contribution in [-0.2, 0) is 17.6 Å². The average Bonchev–Trinajstić information content (AvgIpc) is 2.86. The third kappa shape index (κ3) is 3.68. The third-order valence-electron chi connectivity index (χ3n) is 2.88. The fourth-order valence-corrected chi connectivity index (χ4v) is 1.90. The maximum atomic E-state index is 10.5. The lowest BCUT2D eigenvalue weighted by Gasteiger charge is -2.00. The first-order chi connectivity index (χ1) is 9.19. The van der Waals surface area contributed by atoms with Crippen LogP contribution in [0.1, 0.15) is 31.2 Å². The molecule has 0 aliphatic carbocycles. The van der Waals surface area contributed by atoms with Gasteiger partial charge in [-0.1, -0.05) is 37.6 Å². The fourth-order valence-electron chi connectivity index (χ4n) is 1.90. The summed E-state index contributed by atoms with van der Waals surface area (Å²) in [5.74, 6) is 0.308. The Hall–Kier alpha value is -2.10. The smallest absolute Gasteiger partial charge is 0.303 e. The van der Waals surface area contributed by atoms with Crippen LogP contribution in [0.4, 0.5) is 0 Å². The van der Waals surface area contributed by atoms with E-state index in [1.165, 1.54) is 5.56 Å². The summed E-state index contributed by atoms with van der Waals surface area (Å²) in [5.41, 5.74) is 2.27. The molecule has 0 amide bonds. The minimum Gasteiger partial charge on any atom is -0.481 e. The molecule has 1 aromatic carbocycles. The molecule has 0 fully saturated rings. The predicted molar refractivity (Wildman–Crippen MR) is 71.9 cm³/mol. The first-order valence-corrected chi connectivity index (χ1v) is 6.45. The number of rotatable bonds is 6. The van der Waals surface area contributed by atoms with E-state index in [9.17, 15) is 4.79 Å². The SMILES string of the molecule is CCCc1ccc(-c2cnc(CCC(=O)O)o2)cc1. The summed E-state index contributed by atoms with van der Waals surface area (Å²) in [5, 5.41) is 8.61. The molecule has 0 saturated carbocycles. The van der Waals surface area contributed by atoms with E-state index in [2.05, 4.69) is 24.0 Å². The fraction of sp³-hybridized carbons (Fsp3) is 0.333. The molecule has 1 heterocycles. The maximum absolute atomic E-state index is 10.5. The second kappa shape index (κ2) is 6.18. The number of aromatic nitrogens is 1. The van der Waals surface area contributed by atoms with Crippen molar-refractivity contribution in [3.05, 3.63) is 41.9 Å². The lowest BCUT2D eigenvalue weighted by Crippen LogP contribution is -1.97. The minimum atomic E-state index is -0.844. The van der Waals surface area contributed by atoms with Gasteiger partial charge in [-0.3, -0.25) is 4.79 Å². The Balaban J connectivity index is 2.07. The molecular formula is C15H17NO3. The molecule has 0 atom stereocenters.